The number of para-hydroxylation sites is 3. The van der Waals surface area contributed by atoms with Gasteiger partial charge in [-0.05, 0) is 126 Å². The van der Waals surface area contributed by atoms with Crippen LogP contribution in [0.3, 0.4) is 0 Å². The van der Waals surface area contributed by atoms with E-state index < -0.39 is 0 Å². The van der Waals surface area contributed by atoms with Crippen LogP contribution in [0.5, 0.6) is 0 Å². The molecule has 0 saturated carbocycles. The van der Waals surface area contributed by atoms with Crippen LogP contribution in [0.4, 0.5) is 17.2 Å². The van der Waals surface area contributed by atoms with Gasteiger partial charge in [0.05, 0.1) is 22.6 Å². The van der Waals surface area contributed by atoms with Gasteiger partial charge in [-0.1, -0.05) is 210 Å². The molecule has 0 aliphatic rings. The summed E-state index contributed by atoms with van der Waals surface area (Å²) in [6.07, 6.45) is 1.89. The summed E-state index contributed by atoms with van der Waals surface area (Å²) in [6.45, 7) is 27.8. The predicted octanol–water partition coefficient (Wildman–Crippen LogP) is 19.1. The molecule has 0 spiro atoms. The monoisotopic (exact) mass is 941 g/mol. The van der Waals surface area contributed by atoms with E-state index in [0.29, 0.717) is 0 Å². The Morgan fingerprint density at radius 3 is 1.49 bits per heavy atom. The fourth-order valence-corrected chi connectivity index (χ4v) is 9.86. The zero-order valence-corrected chi connectivity index (χ0v) is 44.2. The molecule has 0 radical (unpaired) electrons. The molecule has 0 bridgehead atoms. The first-order chi connectivity index (χ1) is 34.2. The third kappa shape index (κ3) is 9.63. The summed E-state index contributed by atoms with van der Waals surface area (Å²) in [5, 5.41) is 2.38. The van der Waals surface area contributed by atoms with Gasteiger partial charge in [-0.3, -0.25) is 4.90 Å². The van der Waals surface area contributed by atoms with Gasteiger partial charge in [0, 0.05) is 44.9 Å². The molecule has 7 aromatic carbocycles. The molecule has 0 saturated heterocycles. The highest BCUT2D eigenvalue weighted by atomic mass is 15.2. The number of nitrogens with zero attached hydrogens (tertiary/aromatic N) is 3. The first kappa shape index (κ1) is 48.1. The topological polar surface area (TPSA) is 44.8 Å². The maximum atomic E-state index is 5.77. The van der Waals surface area contributed by atoms with Gasteiger partial charge in [0.1, 0.15) is 5.82 Å². The smallest absolute Gasteiger partial charge is 0.137 e. The molecule has 0 aliphatic carbocycles. The summed E-state index contributed by atoms with van der Waals surface area (Å²) < 4.78 is 0. The lowest BCUT2D eigenvalue weighted by molar-refractivity contribution is 0.568. The number of aromatic nitrogens is 3. The average Bonchev–Trinajstić information content (AvgIpc) is 3.75. The SMILES string of the molecule is CC(C)(C)c1cc(-c2cc(-c3cc(-c4cc(C(C)(C)C)cc(C(C)(C)C)c4)cc(-c4cccc5c4[nH]c4ccccc45)n3)cc(N(c3ccccn3)c3ccccc3-c3ccccc3)c2)cc(C(C)(C)C)c1. The Morgan fingerprint density at radius 1 is 0.375 bits per heavy atom. The number of hydrogen-bond acceptors (Lipinski definition) is 3. The van der Waals surface area contributed by atoms with Crippen molar-refractivity contribution in [1.82, 2.24) is 15.0 Å². The normalized spacial score (nSPS) is 12.4. The maximum Gasteiger partial charge on any atom is 0.137 e. The average molecular weight is 941 g/mol. The van der Waals surface area contributed by atoms with E-state index in [9.17, 15) is 0 Å². The maximum absolute atomic E-state index is 5.77. The van der Waals surface area contributed by atoms with Crippen molar-refractivity contribution in [2.24, 2.45) is 0 Å². The van der Waals surface area contributed by atoms with Gasteiger partial charge in [0.15, 0.2) is 0 Å². The van der Waals surface area contributed by atoms with Crippen LogP contribution >= 0.6 is 0 Å². The molecule has 0 unspecified atom stereocenters. The van der Waals surface area contributed by atoms with Crippen molar-refractivity contribution in [2.45, 2.75) is 105 Å². The minimum Gasteiger partial charge on any atom is -0.354 e. The van der Waals surface area contributed by atoms with Crippen LogP contribution in [0, 0.1) is 0 Å². The molecule has 4 heteroatoms. The van der Waals surface area contributed by atoms with Gasteiger partial charge >= 0.3 is 0 Å². The third-order valence-electron chi connectivity index (χ3n) is 14.2. The van der Waals surface area contributed by atoms with Crippen LogP contribution in [-0.4, -0.2) is 15.0 Å². The Morgan fingerprint density at radius 2 is 0.875 bits per heavy atom. The van der Waals surface area contributed by atoms with E-state index in [1.165, 1.54) is 44.2 Å². The number of anilines is 3. The highest BCUT2D eigenvalue weighted by Crippen LogP contribution is 2.45. The number of rotatable bonds is 8. The fraction of sp³-hybridized carbons (Fsp3) is 0.235. The third-order valence-corrected chi connectivity index (χ3v) is 14.2. The Balaban J connectivity index is 1.31. The highest BCUT2D eigenvalue weighted by molar-refractivity contribution is 6.11. The molecule has 3 aromatic heterocycles. The first-order valence-electron chi connectivity index (χ1n) is 25.5. The van der Waals surface area contributed by atoms with E-state index in [1.807, 2.05) is 12.3 Å². The summed E-state index contributed by atoms with van der Waals surface area (Å²) in [5.74, 6) is 0.824. The van der Waals surface area contributed by atoms with Gasteiger partial charge in [-0.15, -0.1) is 0 Å². The molecule has 0 amide bonds. The second-order valence-corrected chi connectivity index (χ2v) is 23.8. The molecule has 360 valence electrons. The van der Waals surface area contributed by atoms with Crippen molar-refractivity contribution in [3.05, 3.63) is 210 Å². The van der Waals surface area contributed by atoms with Crippen LogP contribution in [0.2, 0.25) is 0 Å². The van der Waals surface area contributed by atoms with E-state index >= 15 is 0 Å². The van der Waals surface area contributed by atoms with Crippen molar-refractivity contribution < 1.29 is 0 Å². The summed E-state index contributed by atoms with van der Waals surface area (Å²) in [4.78, 5) is 17.0. The number of pyridine rings is 2. The molecule has 0 fully saturated rings. The Labute approximate surface area is 427 Å². The molecule has 0 aliphatic heterocycles. The molecule has 4 nitrogen and oxygen atoms in total. The van der Waals surface area contributed by atoms with Gasteiger partial charge in [-0.25, -0.2) is 9.97 Å². The van der Waals surface area contributed by atoms with Crippen LogP contribution in [0.1, 0.15) is 105 Å². The Kier molecular flexibility index (Phi) is 12.2. The fourth-order valence-electron chi connectivity index (χ4n) is 9.86. The Hall–Kier alpha value is -7.56. The number of fused-ring (bicyclic) bond motifs is 3. The molecule has 3 heterocycles. The van der Waals surface area contributed by atoms with E-state index in [2.05, 4.69) is 269 Å². The van der Waals surface area contributed by atoms with Crippen molar-refractivity contribution in [2.75, 3.05) is 4.90 Å². The number of benzene rings is 7. The van der Waals surface area contributed by atoms with Crippen molar-refractivity contribution in [3.8, 4) is 55.9 Å². The van der Waals surface area contributed by atoms with Crippen LogP contribution in [0.25, 0.3) is 77.7 Å². The van der Waals surface area contributed by atoms with Crippen molar-refractivity contribution in [1.29, 1.82) is 0 Å². The van der Waals surface area contributed by atoms with Gasteiger partial charge in [0.25, 0.3) is 0 Å². The molecule has 0 atom stereocenters. The standard InChI is InChI=1S/C68H68N4/c1-65(2,3)50-34-46(35-51(42-50)66(4,5)6)45-33-49(39-54(38-45)72(63-31-20-21-32-69-63)62-30-19-17-25-55(62)44-23-14-13-15-24-44)60-40-48(47-36-52(67(7,8)9)43-53(37-47)68(10,11)12)41-61(70-60)58-28-22-27-57-56-26-16-18-29-59(56)71-64(57)58/h13-43,71H,1-12H3. The lowest BCUT2D eigenvalue weighted by Crippen LogP contribution is -2.16. The molecule has 10 rings (SSSR count). The van der Waals surface area contributed by atoms with Crippen LogP contribution < -0.4 is 4.90 Å². The van der Waals surface area contributed by atoms with Gasteiger partial charge < -0.3 is 4.98 Å². The lowest BCUT2D eigenvalue weighted by Gasteiger charge is -2.29. The first-order valence-corrected chi connectivity index (χ1v) is 25.5. The quantitative estimate of drug-likeness (QED) is 0.165. The lowest BCUT2D eigenvalue weighted by atomic mass is 9.78. The highest BCUT2D eigenvalue weighted by Gasteiger charge is 2.26. The zero-order chi connectivity index (χ0) is 50.7. The summed E-state index contributed by atoms with van der Waals surface area (Å²) in [5.41, 5.74) is 19.8. The van der Waals surface area contributed by atoms with Crippen molar-refractivity contribution >= 4 is 39.0 Å². The Bertz CT molecular complexity index is 3540. The van der Waals surface area contributed by atoms with Gasteiger partial charge in [0.2, 0.25) is 0 Å². The largest absolute Gasteiger partial charge is 0.354 e. The summed E-state index contributed by atoms with van der Waals surface area (Å²) in [7, 11) is 0. The molecular weight excluding hydrogens is 873 g/mol. The second-order valence-electron chi connectivity index (χ2n) is 23.8. The minimum atomic E-state index is -0.0764. The number of H-pyrrole nitrogens is 1. The number of aromatic amines is 1. The molecule has 1 N–H and O–H groups in total. The van der Waals surface area contributed by atoms with E-state index in [-0.39, 0.29) is 21.7 Å². The van der Waals surface area contributed by atoms with Crippen LogP contribution in [0.15, 0.2) is 188 Å². The van der Waals surface area contributed by atoms with Crippen molar-refractivity contribution in [3.63, 3.8) is 0 Å². The summed E-state index contributed by atoms with van der Waals surface area (Å²) >= 11 is 0. The molecule has 10 aromatic rings. The van der Waals surface area contributed by atoms with E-state index in [0.717, 1.165) is 73.0 Å². The number of hydrogen-bond donors (Lipinski definition) is 1. The van der Waals surface area contributed by atoms with Crippen LogP contribution in [-0.2, 0) is 21.7 Å². The predicted molar refractivity (Wildman–Crippen MR) is 308 cm³/mol. The minimum absolute atomic E-state index is 0.0631. The number of nitrogens with one attached hydrogen (secondary N) is 1. The molecular formula is C68H68N4. The van der Waals surface area contributed by atoms with Gasteiger partial charge in [-0.2, -0.15) is 0 Å². The van der Waals surface area contributed by atoms with E-state index in [4.69, 9.17) is 9.97 Å². The molecule has 72 heavy (non-hydrogen) atoms. The summed E-state index contributed by atoms with van der Waals surface area (Å²) in [6, 6.07) is 66.8. The zero-order valence-electron chi connectivity index (χ0n) is 44.2. The second kappa shape index (κ2) is 18.2. The van der Waals surface area contributed by atoms with E-state index in [1.54, 1.807) is 0 Å².